The first kappa shape index (κ1) is 12.9. The van der Waals surface area contributed by atoms with E-state index in [0.717, 1.165) is 17.7 Å². The minimum absolute atomic E-state index is 0.0791. The summed E-state index contributed by atoms with van der Waals surface area (Å²) in [5, 5.41) is 2.95. The molecule has 0 bridgehead atoms. The Bertz CT molecular complexity index is 637. The van der Waals surface area contributed by atoms with Crippen molar-refractivity contribution in [2.24, 2.45) is 5.73 Å². The topological polar surface area (TPSA) is 55.1 Å². The number of benzene rings is 2. The SMILES string of the molecule is Cc1cc(C2CC2N)ccc1NC(=O)c1ccccc1. The molecule has 0 aliphatic heterocycles. The van der Waals surface area contributed by atoms with Gasteiger partial charge in [0, 0.05) is 23.2 Å². The van der Waals surface area contributed by atoms with Crippen molar-refractivity contribution in [3.8, 4) is 0 Å². The summed E-state index contributed by atoms with van der Waals surface area (Å²) in [6.45, 7) is 2.01. The van der Waals surface area contributed by atoms with E-state index < -0.39 is 0 Å². The lowest BCUT2D eigenvalue weighted by Gasteiger charge is -2.10. The molecule has 3 rings (SSSR count). The first-order valence-corrected chi connectivity index (χ1v) is 6.87. The van der Waals surface area contributed by atoms with E-state index in [1.165, 1.54) is 5.56 Å². The Hall–Kier alpha value is -2.13. The van der Waals surface area contributed by atoms with Crippen LogP contribution < -0.4 is 11.1 Å². The van der Waals surface area contributed by atoms with Crippen LogP contribution in [0.1, 0.15) is 33.8 Å². The van der Waals surface area contributed by atoms with E-state index in [1.54, 1.807) is 0 Å². The third-order valence-electron chi connectivity index (χ3n) is 3.80. The van der Waals surface area contributed by atoms with Gasteiger partial charge in [-0.25, -0.2) is 0 Å². The summed E-state index contributed by atoms with van der Waals surface area (Å²) in [5.41, 5.74) is 9.74. The molecule has 0 spiro atoms. The van der Waals surface area contributed by atoms with Crippen LogP contribution in [0.15, 0.2) is 48.5 Å². The molecule has 0 radical (unpaired) electrons. The largest absolute Gasteiger partial charge is 0.327 e. The van der Waals surface area contributed by atoms with Crippen LogP contribution in [0, 0.1) is 6.92 Å². The Morgan fingerprint density at radius 1 is 1.20 bits per heavy atom. The van der Waals surface area contributed by atoms with Crippen molar-refractivity contribution in [1.29, 1.82) is 0 Å². The second kappa shape index (κ2) is 5.10. The highest BCUT2D eigenvalue weighted by atomic mass is 16.1. The van der Waals surface area contributed by atoms with E-state index in [0.29, 0.717) is 17.5 Å². The molecule has 1 aliphatic carbocycles. The van der Waals surface area contributed by atoms with Gasteiger partial charge in [-0.2, -0.15) is 0 Å². The molecule has 0 heterocycles. The van der Waals surface area contributed by atoms with Gasteiger partial charge < -0.3 is 11.1 Å². The fourth-order valence-corrected chi connectivity index (χ4v) is 2.44. The van der Waals surface area contributed by atoms with Gasteiger partial charge in [0.25, 0.3) is 5.91 Å². The number of amides is 1. The lowest BCUT2D eigenvalue weighted by atomic mass is 10.1. The second-order valence-electron chi connectivity index (χ2n) is 5.40. The van der Waals surface area contributed by atoms with Crippen LogP contribution in [0.4, 0.5) is 5.69 Å². The van der Waals surface area contributed by atoms with Crippen molar-refractivity contribution >= 4 is 11.6 Å². The Morgan fingerprint density at radius 2 is 1.90 bits per heavy atom. The average Bonchev–Trinajstić information content (AvgIpc) is 3.19. The molecule has 1 aliphatic rings. The number of hydrogen-bond donors (Lipinski definition) is 2. The maximum Gasteiger partial charge on any atom is 0.255 e. The molecule has 0 saturated heterocycles. The van der Waals surface area contributed by atoms with Gasteiger partial charge in [-0.1, -0.05) is 30.3 Å². The summed E-state index contributed by atoms with van der Waals surface area (Å²) in [6.07, 6.45) is 1.06. The summed E-state index contributed by atoms with van der Waals surface area (Å²) < 4.78 is 0. The predicted molar refractivity (Wildman–Crippen MR) is 80.9 cm³/mol. The van der Waals surface area contributed by atoms with Gasteiger partial charge in [-0.3, -0.25) is 4.79 Å². The summed E-state index contributed by atoms with van der Waals surface area (Å²) >= 11 is 0. The molecule has 102 valence electrons. The third-order valence-corrected chi connectivity index (χ3v) is 3.80. The average molecular weight is 266 g/mol. The maximum atomic E-state index is 12.1. The first-order valence-electron chi connectivity index (χ1n) is 6.87. The van der Waals surface area contributed by atoms with Gasteiger partial charge in [-0.05, 0) is 42.7 Å². The number of aryl methyl sites for hydroxylation is 1. The van der Waals surface area contributed by atoms with Crippen LogP contribution in [0.2, 0.25) is 0 Å². The van der Waals surface area contributed by atoms with Crippen LogP contribution in [0.3, 0.4) is 0 Å². The summed E-state index contributed by atoms with van der Waals surface area (Å²) in [6, 6.07) is 15.7. The second-order valence-corrected chi connectivity index (χ2v) is 5.40. The summed E-state index contributed by atoms with van der Waals surface area (Å²) in [4.78, 5) is 12.1. The predicted octanol–water partition coefficient (Wildman–Crippen LogP) is 3.06. The summed E-state index contributed by atoms with van der Waals surface area (Å²) in [5.74, 6) is 0.414. The molecule has 1 amide bonds. The zero-order chi connectivity index (χ0) is 14.1. The quantitative estimate of drug-likeness (QED) is 0.897. The molecule has 2 aromatic carbocycles. The minimum atomic E-state index is -0.0791. The van der Waals surface area contributed by atoms with Crippen LogP contribution in [-0.4, -0.2) is 11.9 Å². The van der Waals surface area contributed by atoms with Gasteiger partial charge in [0.1, 0.15) is 0 Å². The van der Waals surface area contributed by atoms with Crippen molar-refractivity contribution in [2.75, 3.05) is 5.32 Å². The molecule has 1 fully saturated rings. The highest BCUT2D eigenvalue weighted by Crippen LogP contribution is 2.39. The summed E-state index contributed by atoms with van der Waals surface area (Å²) in [7, 11) is 0. The van der Waals surface area contributed by atoms with E-state index in [4.69, 9.17) is 5.73 Å². The smallest absolute Gasteiger partial charge is 0.255 e. The molecule has 3 N–H and O–H groups in total. The van der Waals surface area contributed by atoms with Gasteiger partial charge in [0.2, 0.25) is 0 Å². The number of anilines is 1. The molecular weight excluding hydrogens is 248 g/mol. The fraction of sp³-hybridized carbons (Fsp3) is 0.235. The first-order chi connectivity index (χ1) is 9.65. The fourth-order valence-electron chi connectivity index (χ4n) is 2.44. The maximum absolute atomic E-state index is 12.1. The number of rotatable bonds is 3. The molecule has 2 aromatic rings. The van der Waals surface area contributed by atoms with E-state index >= 15 is 0 Å². The van der Waals surface area contributed by atoms with E-state index in [-0.39, 0.29) is 5.91 Å². The number of nitrogens with one attached hydrogen (secondary N) is 1. The minimum Gasteiger partial charge on any atom is -0.327 e. The third kappa shape index (κ3) is 2.58. The number of carbonyl (C=O) groups is 1. The Labute approximate surface area is 118 Å². The Kier molecular flexibility index (Phi) is 3.28. The van der Waals surface area contributed by atoms with Crippen molar-refractivity contribution in [2.45, 2.75) is 25.3 Å². The Balaban J connectivity index is 1.76. The molecule has 1 saturated carbocycles. The lowest BCUT2D eigenvalue weighted by molar-refractivity contribution is 0.102. The van der Waals surface area contributed by atoms with E-state index in [1.807, 2.05) is 43.3 Å². The zero-order valence-corrected chi connectivity index (χ0v) is 11.5. The number of nitrogens with two attached hydrogens (primary N) is 1. The molecule has 3 heteroatoms. The standard InChI is InChI=1S/C17H18N2O/c1-11-9-13(14-10-15(14)18)7-8-16(11)19-17(20)12-5-3-2-4-6-12/h2-9,14-15H,10,18H2,1H3,(H,19,20). The van der Waals surface area contributed by atoms with Gasteiger partial charge in [0.15, 0.2) is 0 Å². The van der Waals surface area contributed by atoms with Crippen LogP contribution in [-0.2, 0) is 0 Å². The highest BCUT2D eigenvalue weighted by Gasteiger charge is 2.34. The molecule has 20 heavy (non-hydrogen) atoms. The monoisotopic (exact) mass is 266 g/mol. The highest BCUT2D eigenvalue weighted by molar-refractivity contribution is 6.04. The number of carbonyl (C=O) groups excluding carboxylic acids is 1. The van der Waals surface area contributed by atoms with Crippen LogP contribution >= 0.6 is 0 Å². The van der Waals surface area contributed by atoms with Crippen LogP contribution in [0.25, 0.3) is 0 Å². The van der Waals surface area contributed by atoms with Gasteiger partial charge >= 0.3 is 0 Å². The van der Waals surface area contributed by atoms with Crippen molar-refractivity contribution in [3.05, 3.63) is 65.2 Å². The normalized spacial score (nSPS) is 20.5. The molecule has 3 nitrogen and oxygen atoms in total. The van der Waals surface area contributed by atoms with Crippen LogP contribution in [0.5, 0.6) is 0 Å². The Morgan fingerprint density at radius 3 is 2.50 bits per heavy atom. The molecule has 2 unspecified atom stereocenters. The molecular formula is C17H18N2O. The zero-order valence-electron chi connectivity index (χ0n) is 11.5. The van der Waals surface area contributed by atoms with Crippen molar-refractivity contribution < 1.29 is 4.79 Å². The molecule has 2 atom stereocenters. The number of hydrogen-bond acceptors (Lipinski definition) is 2. The van der Waals surface area contributed by atoms with Gasteiger partial charge in [0.05, 0.1) is 0 Å². The van der Waals surface area contributed by atoms with E-state index in [2.05, 4.69) is 17.4 Å². The van der Waals surface area contributed by atoms with Gasteiger partial charge in [-0.15, -0.1) is 0 Å². The van der Waals surface area contributed by atoms with Crippen molar-refractivity contribution in [1.82, 2.24) is 0 Å². The lowest BCUT2D eigenvalue weighted by Crippen LogP contribution is -2.12. The molecule has 0 aromatic heterocycles. The van der Waals surface area contributed by atoms with Crippen molar-refractivity contribution in [3.63, 3.8) is 0 Å². The van der Waals surface area contributed by atoms with E-state index in [9.17, 15) is 4.79 Å².